The molecule has 5 heteroatoms. The largest absolute Gasteiger partial charge is 0.494 e. The van der Waals surface area contributed by atoms with Gasteiger partial charge in [0.15, 0.2) is 0 Å². The van der Waals surface area contributed by atoms with Crippen molar-refractivity contribution in [3.05, 3.63) is 36.2 Å². The van der Waals surface area contributed by atoms with Crippen molar-refractivity contribution < 1.29 is 4.74 Å². The zero-order valence-electron chi connectivity index (χ0n) is 12.3. The molecule has 108 valence electrons. The van der Waals surface area contributed by atoms with Gasteiger partial charge in [-0.2, -0.15) is 15.0 Å². The lowest BCUT2D eigenvalue weighted by Gasteiger charge is -2.05. The van der Waals surface area contributed by atoms with Gasteiger partial charge in [0, 0.05) is 6.54 Å². The van der Waals surface area contributed by atoms with Crippen LogP contribution in [-0.2, 0) is 6.54 Å². The van der Waals surface area contributed by atoms with Gasteiger partial charge in [0.1, 0.15) is 5.75 Å². The summed E-state index contributed by atoms with van der Waals surface area (Å²) in [5.74, 6) is 1.50. The molecule has 1 aromatic carbocycles. The van der Waals surface area contributed by atoms with Crippen LogP contribution in [0.3, 0.4) is 0 Å². The van der Waals surface area contributed by atoms with Crippen molar-refractivity contribution in [3.63, 3.8) is 0 Å². The number of nitrogens with zero attached hydrogens (tertiary/aromatic N) is 3. The fourth-order valence-electron chi connectivity index (χ4n) is 1.83. The number of hydrogen-bond acceptors (Lipinski definition) is 4. The van der Waals surface area contributed by atoms with Crippen LogP contribution < -0.4 is 10.1 Å². The van der Waals surface area contributed by atoms with Crippen LogP contribution in [-0.4, -0.2) is 28.1 Å². The minimum Gasteiger partial charge on any atom is -0.494 e. The molecule has 0 spiro atoms. The molecule has 2 aromatic rings. The summed E-state index contributed by atoms with van der Waals surface area (Å²) in [6.07, 6.45) is 1.80. The zero-order valence-corrected chi connectivity index (χ0v) is 12.3. The number of aromatic nitrogens is 3. The lowest BCUT2D eigenvalue weighted by atomic mass is 10.2. The summed E-state index contributed by atoms with van der Waals surface area (Å²) >= 11 is 0. The molecule has 0 amide bonds. The van der Waals surface area contributed by atoms with Gasteiger partial charge in [-0.1, -0.05) is 13.8 Å². The molecule has 1 heterocycles. The molecule has 0 saturated heterocycles. The van der Waals surface area contributed by atoms with Crippen molar-refractivity contribution >= 4 is 0 Å². The van der Waals surface area contributed by atoms with Gasteiger partial charge in [-0.3, -0.25) is 0 Å². The van der Waals surface area contributed by atoms with Crippen molar-refractivity contribution in [1.82, 2.24) is 20.3 Å². The Morgan fingerprint density at radius 1 is 1.25 bits per heavy atom. The Balaban J connectivity index is 1.97. The fraction of sp³-hybridized carbons (Fsp3) is 0.467. The van der Waals surface area contributed by atoms with Gasteiger partial charge in [0.2, 0.25) is 0 Å². The zero-order chi connectivity index (χ0) is 14.4. The fourth-order valence-corrected chi connectivity index (χ4v) is 1.83. The second kappa shape index (κ2) is 7.05. The number of rotatable bonds is 7. The van der Waals surface area contributed by atoms with Crippen LogP contribution in [0.25, 0.3) is 5.69 Å². The van der Waals surface area contributed by atoms with Crippen LogP contribution >= 0.6 is 0 Å². The molecule has 0 aliphatic heterocycles. The minimum atomic E-state index is 0.635. The SMILES string of the molecule is CCOc1ccc(-n2ncc(CNCC(C)C)n2)cc1. The molecule has 2 rings (SSSR count). The summed E-state index contributed by atoms with van der Waals surface area (Å²) in [6.45, 7) is 8.74. The Bertz CT molecular complexity index is 519. The predicted octanol–water partition coefficient (Wildman–Crippen LogP) is 2.41. The second-order valence-electron chi connectivity index (χ2n) is 5.08. The molecular formula is C15H22N4O. The highest BCUT2D eigenvalue weighted by molar-refractivity contribution is 5.35. The topological polar surface area (TPSA) is 52.0 Å². The van der Waals surface area contributed by atoms with Gasteiger partial charge < -0.3 is 10.1 Å². The summed E-state index contributed by atoms with van der Waals surface area (Å²) in [5.41, 5.74) is 1.88. The maximum atomic E-state index is 5.42. The molecule has 5 nitrogen and oxygen atoms in total. The van der Waals surface area contributed by atoms with Crippen LogP contribution in [0.1, 0.15) is 26.5 Å². The predicted molar refractivity (Wildman–Crippen MR) is 79.1 cm³/mol. The monoisotopic (exact) mass is 274 g/mol. The molecular weight excluding hydrogens is 252 g/mol. The molecule has 0 bridgehead atoms. The van der Waals surface area contributed by atoms with Crippen molar-refractivity contribution in [1.29, 1.82) is 0 Å². The van der Waals surface area contributed by atoms with E-state index in [2.05, 4.69) is 29.4 Å². The molecule has 0 aliphatic carbocycles. The molecule has 0 radical (unpaired) electrons. The molecule has 1 N–H and O–H groups in total. The van der Waals surface area contributed by atoms with E-state index in [1.54, 1.807) is 11.0 Å². The van der Waals surface area contributed by atoms with Gasteiger partial charge in [-0.25, -0.2) is 0 Å². The van der Waals surface area contributed by atoms with Crippen LogP contribution in [0.15, 0.2) is 30.5 Å². The number of hydrogen-bond donors (Lipinski definition) is 1. The molecule has 0 atom stereocenters. The van der Waals surface area contributed by atoms with Crippen LogP contribution in [0.2, 0.25) is 0 Å². The van der Waals surface area contributed by atoms with E-state index in [0.717, 1.165) is 30.2 Å². The highest BCUT2D eigenvalue weighted by Crippen LogP contribution is 2.14. The second-order valence-corrected chi connectivity index (χ2v) is 5.08. The Hall–Kier alpha value is -1.88. The van der Waals surface area contributed by atoms with E-state index in [1.807, 2.05) is 31.2 Å². The van der Waals surface area contributed by atoms with Gasteiger partial charge in [-0.05, 0) is 43.7 Å². The van der Waals surface area contributed by atoms with Gasteiger partial charge in [-0.15, -0.1) is 0 Å². The molecule has 0 aliphatic rings. The molecule has 20 heavy (non-hydrogen) atoms. The summed E-state index contributed by atoms with van der Waals surface area (Å²) in [4.78, 5) is 1.64. The third kappa shape index (κ3) is 4.06. The Morgan fingerprint density at radius 2 is 2.00 bits per heavy atom. The first kappa shape index (κ1) is 14.5. The maximum Gasteiger partial charge on any atom is 0.119 e. The summed E-state index contributed by atoms with van der Waals surface area (Å²) in [6, 6.07) is 7.77. The Labute approximate surface area is 120 Å². The highest BCUT2D eigenvalue weighted by atomic mass is 16.5. The summed E-state index contributed by atoms with van der Waals surface area (Å²) in [7, 11) is 0. The van der Waals surface area contributed by atoms with Crippen LogP contribution in [0.5, 0.6) is 5.75 Å². The van der Waals surface area contributed by atoms with E-state index in [-0.39, 0.29) is 0 Å². The maximum absolute atomic E-state index is 5.42. The van der Waals surface area contributed by atoms with E-state index in [1.165, 1.54) is 0 Å². The first-order valence-corrected chi connectivity index (χ1v) is 7.04. The van der Waals surface area contributed by atoms with Crippen molar-refractivity contribution in [2.75, 3.05) is 13.2 Å². The summed E-state index contributed by atoms with van der Waals surface area (Å²) < 4.78 is 5.42. The normalized spacial score (nSPS) is 11.0. The van der Waals surface area contributed by atoms with Crippen molar-refractivity contribution in [2.45, 2.75) is 27.3 Å². The van der Waals surface area contributed by atoms with E-state index in [9.17, 15) is 0 Å². The van der Waals surface area contributed by atoms with Gasteiger partial charge in [0.25, 0.3) is 0 Å². The van der Waals surface area contributed by atoms with E-state index < -0.39 is 0 Å². The average molecular weight is 274 g/mol. The smallest absolute Gasteiger partial charge is 0.119 e. The van der Waals surface area contributed by atoms with Crippen molar-refractivity contribution in [2.24, 2.45) is 5.92 Å². The van der Waals surface area contributed by atoms with E-state index >= 15 is 0 Å². The lowest BCUT2D eigenvalue weighted by molar-refractivity contribution is 0.340. The van der Waals surface area contributed by atoms with Crippen LogP contribution in [0, 0.1) is 5.92 Å². The first-order valence-electron chi connectivity index (χ1n) is 7.04. The third-order valence-corrected chi connectivity index (χ3v) is 2.78. The molecule has 1 aromatic heterocycles. The van der Waals surface area contributed by atoms with Crippen LogP contribution in [0.4, 0.5) is 0 Å². The third-order valence-electron chi connectivity index (χ3n) is 2.78. The number of nitrogens with one attached hydrogen (secondary N) is 1. The molecule has 0 saturated carbocycles. The van der Waals surface area contributed by atoms with E-state index in [4.69, 9.17) is 4.74 Å². The minimum absolute atomic E-state index is 0.635. The van der Waals surface area contributed by atoms with Crippen molar-refractivity contribution in [3.8, 4) is 11.4 Å². The lowest BCUT2D eigenvalue weighted by Crippen LogP contribution is -2.19. The number of ether oxygens (including phenoxy) is 1. The summed E-state index contributed by atoms with van der Waals surface area (Å²) in [5, 5.41) is 12.1. The Kier molecular flexibility index (Phi) is 5.12. The molecule has 0 unspecified atom stereocenters. The first-order chi connectivity index (χ1) is 9.69. The average Bonchev–Trinajstić information content (AvgIpc) is 2.88. The highest BCUT2D eigenvalue weighted by Gasteiger charge is 2.03. The van der Waals surface area contributed by atoms with Gasteiger partial charge >= 0.3 is 0 Å². The van der Waals surface area contributed by atoms with Gasteiger partial charge in [0.05, 0.1) is 24.2 Å². The standard InChI is InChI=1S/C15H22N4O/c1-4-20-15-7-5-14(6-8-15)19-17-11-13(18-19)10-16-9-12(2)3/h5-8,11-12,16H,4,9-10H2,1-3H3. The molecule has 0 fully saturated rings. The number of benzene rings is 1. The quantitative estimate of drug-likeness (QED) is 0.842. The Morgan fingerprint density at radius 3 is 2.65 bits per heavy atom. The van der Waals surface area contributed by atoms with E-state index in [0.29, 0.717) is 12.5 Å².